The molecule has 0 saturated carbocycles. The van der Waals surface area contributed by atoms with Crippen LogP contribution in [0, 0.1) is 0 Å². The van der Waals surface area contributed by atoms with Crippen molar-refractivity contribution in [2.24, 2.45) is 0 Å². The van der Waals surface area contributed by atoms with Crippen molar-refractivity contribution in [2.45, 2.75) is 57.9 Å². The van der Waals surface area contributed by atoms with Gasteiger partial charge >= 0.3 is 12.0 Å². The van der Waals surface area contributed by atoms with E-state index in [9.17, 15) is 9.59 Å². The van der Waals surface area contributed by atoms with Crippen LogP contribution in [0.3, 0.4) is 0 Å². The van der Waals surface area contributed by atoms with Gasteiger partial charge in [0, 0.05) is 6.54 Å². The monoisotopic (exact) mass is 332 g/mol. The number of carbonyl (C=O) groups is 2. The summed E-state index contributed by atoms with van der Waals surface area (Å²) in [5, 5.41) is 1.43. The van der Waals surface area contributed by atoms with E-state index in [-0.39, 0.29) is 18.0 Å². The van der Waals surface area contributed by atoms with Gasteiger partial charge in [0.2, 0.25) is 0 Å². The van der Waals surface area contributed by atoms with Gasteiger partial charge in [0.1, 0.15) is 18.2 Å². The van der Waals surface area contributed by atoms with Gasteiger partial charge in [-0.1, -0.05) is 30.3 Å². The molecule has 2 atom stereocenters. The Labute approximate surface area is 142 Å². The molecule has 1 aromatic carbocycles. The van der Waals surface area contributed by atoms with Crippen LogP contribution in [0.5, 0.6) is 0 Å². The zero-order valence-electron chi connectivity index (χ0n) is 14.4. The Morgan fingerprint density at radius 2 is 1.92 bits per heavy atom. The number of piperidine rings is 1. The molecular formula is C18H24N2O4. The third-order valence-electron chi connectivity index (χ3n) is 4.21. The van der Waals surface area contributed by atoms with E-state index in [0.29, 0.717) is 19.6 Å². The second-order valence-corrected chi connectivity index (χ2v) is 7.30. The average molecular weight is 332 g/mol. The molecule has 0 radical (unpaired) electrons. The molecule has 0 spiro atoms. The van der Waals surface area contributed by atoms with Crippen molar-refractivity contribution in [1.82, 2.24) is 9.96 Å². The van der Waals surface area contributed by atoms with E-state index in [2.05, 4.69) is 0 Å². The van der Waals surface area contributed by atoms with E-state index in [1.165, 1.54) is 5.06 Å². The highest BCUT2D eigenvalue weighted by molar-refractivity contribution is 5.85. The lowest BCUT2D eigenvalue weighted by Crippen LogP contribution is -2.47. The summed E-state index contributed by atoms with van der Waals surface area (Å²) in [6.07, 6.45) is 1.34. The first-order valence-electron chi connectivity index (χ1n) is 8.35. The number of esters is 1. The number of amides is 2. The Morgan fingerprint density at radius 3 is 2.58 bits per heavy atom. The van der Waals surface area contributed by atoms with Crippen LogP contribution in [0.1, 0.15) is 39.2 Å². The van der Waals surface area contributed by atoms with Crippen molar-refractivity contribution in [3.63, 3.8) is 0 Å². The zero-order valence-corrected chi connectivity index (χ0v) is 14.4. The maximum absolute atomic E-state index is 12.6. The molecule has 0 N–H and O–H groups in total. The number of rotatable bonds is 4. The lowest BCUT2D eigenvalue weighted by Gasteiger charge is -2.31. The van der Waals surface area contributed by atoms with Crippen LogP contribution >= 0.6 is 0 Å². The van der Waals surface area contributed by atoms with Gasteiger partial charge < -0.3 is 9.64 Å². The number of ether oxygens (including phenoxy) is 1. The molecule has 24 heavy (non-hydrogen) atoms. The standard InChI is InChI=1S/C18H24N2O4/c1-18(2,3)24-16(21)15-10-9-14-11-19(15)17(22)20(14)23-12-13-7-5-4-6-8-13/h4-8,14-15H,9-12H2,1-3H3. The number of benzene rings is 1. The number of hydroxylamine groups is 2. The first-order chi connectivity index (χ1) is 11.3. The lowest BCUT2D eigenvalue weighted by molar-refractivity contribution is -0.161. The van der Waals surface area contributed by atoms with Gasteiger partial charge in [0.05, 0.1) is 6.04 Å². The predicted molar refractivity (Wildman–Crippen MR) is 87.8 cm³/mol. The molecule has 3 rings (SSSR count). The topological polar surface area (TPSA) is 59.1 Å². The largest absolute Gasteiger partial charge is 0.458 e. The van der Waals surface area contributed by atoms with Gasteiger partial charge in [-0.25, -0.2) is 9.59 Å². The molecule has 2 aliphatic rings. The van der Waals surface area contributed by atoms with E-state index in [0.717, 1.165) is 12.0 Å². The van der Waals surface area contributed by atoms with Gasteiger partial charge in [-0.05, 0) is 39.2 Å². The molecule has 2 bridgehead atoms. The quantitative estimate of drug-likeness (QED) is 0.796. The number of carbonyl (C=O) groups excluding carboxylic acids is 2. The highest BCUT2D eigenvalue weighted by atomic mass is 16.7. The van der Waals surface area contributed by atoms with Crippen LogP contribution in [-0.2, 0) is 21.0 Å². The number of nitrogens with zero attached hydrogens (tertiary/aromatic N) is 2. The third kappa shape index (κ3) is 3.53. The SMILES string of the molecule is CC(C)(C)OC(=O)C1CCC2CN1C(=O)N2OCc1ccccc1. The summed E-state index contributed by atoms with van der Waals surface area (Å²) in [5.74, 6) is -0.334. The van der Waals surface area contributed by atoms with Crippen molar-refractivity contribution in [2.75, 3.05) is 6.54 Å². The van der Waals surface area contributed by atoms with E-state index in [1.807, 2.05) is 51.1 Å². The van der Waals surface area contributed by atoms with Crippen molar-refractivity contribution < 1.29 is 19.2 Å². The Hall–Kier alpha value is -2.08. The van der Waals surface area contributed by atoms with Crippen LogP contribution < -0.4 is 0 Å². The summed E-state index contributed by atoms with van der Waals surface area (Å²) in [6, 6.07) is 8.96. The number of hydrogen-bond donors (Lipinski definition) is 0. The molecule has 0 aromatic heterocycles. The molecule has 2 unspecified atom stereocenters. The maximum atomic E-state index is 12.6. The fourth-order valence-corrected chi connectivity index (χ4v) is 3.13. The minimum atomic E-state index is -0.555. The van der Waals surface area contributed by atoms with Crippen molar-refractivity contribution in [3.8, 4) is 0 Å². The van der Waals surface area contributed by atoms with Crippen molar-refractivity contribution >= 4 is 12.0 Å². The van der Waals surface area contributed by atoms with E-state index in [4.69, 9.17) is 9.57 Å². The minimum absolute atomic E-state index is 0.0000935. The fourth-order valence-electron chi connectivity index (χ4n) is 3.13. The fraction of sp³-hybridized carbons (Fsp3) is 0.556. The number of hydrogen-bond acceptors (Lipinski definition) is 4. The van der Waals surface area contributed by atoms with Crippen LogP contribution in [0.2, 0.25) is 0 Å². The molecule has 130 valence electrons. The normalized spacial score (nSPS) is 23.5. The smallest absolute Gasteiger partial charge is 0.345 e. The van der Waals surface area contributed by atoms with E-state index < -0.39 is 11.6 Å². The molecule has 1 aromatic rings. The first kappa shape index (κ1) is 16.8. The summed E-state index contributed by atoms with van der Waals surface area (Å²) in [4.78, 5) is 32.3. The van der Waals surface area contributed by atoms with E-state index in [1.54, 1.807) is 4.90 Å². The molecule has 6 nitrogen and oxygen atoms in total. The first-order valence-corrected chi connectivity index (χ1v) is 8.35. The molecule has 0 aliphatic carbocycles. The second-order valence-electron chi connectivity index (χ2n) is 7.30. The van der Waals surface area contributed by atoms with Crippen LogP contribution in [0.15, 0.2) is 30.3 Å². The van der Waals surface area contributed by atoms with Gasteiger partial charge in [0.25, 0.3) is 0 Å². The molecule has 2 saturated heterocycles. The predicted octanol–water partition coefficient (Wildman–Crippen LogP) is 2.73. The summed E-state index contributed by atoms with van der Waals surface area (Å²) in [6.45, 7) is 6.35. The maximum Gasteiger partial charge on any atom is 0.345 e. The highest BCUT2D eigenvalue weighted by Crippen LogP contribution is 2.31. The van der Waals surface area contributed by atoms with E-state index >= 15 is 0 Å². The summed E-state index contributed by atoms with van der Waals surface area (Å²) in [7, 11) is 0. The Balaban J connectivity index is 1.63. The van der Waals surface area contributed by atoms with Gasteiger partial charge in [-0.15, -0.1) is 0 Å². The van der Waals surface area contributed by atoms with Crippen LogP contribution in [0.4, 0.5) is 4.79 Å². The van der Waals surface area contributed by atoms with Crippen LogP contribution in [-0.4, -0.2) is 46.2 Å². The average Bonchev–Trinajstić information content (AvgIpc) is 2.76. The van der Waals surface area contributed by atoms with Crippen LogP contribution in [0.25, 0.3) is 0 Å². The van der Waals surface area contributed by atoms with Gasteiger partial charge in [-0.3, -0.25) is 4.84 Å². The minimum Gasteiger partial charge on any atom is -0.458 e. The number of fused-ring (bicyclic) bond motifs is 2. The molecular weight excluding hydrogens is 308 g/mol. The Morgan fingerprint density at radius 1 is 1.21 bits per heavy atom. The molecule has 2 amide bonds. The third-order valence-corrected chi connectivity index (χ3v) is 4.21. The van der Waals surface area contributed by atoms with Gasteiger partial charge in [0.15, 0.2) is 0 Å². The molecule has 6 heteroatoms. The Kier molecular flexibility index (Phi) is 4.49. The molecule has 2 heterocycles. The number of urea groups is 1. The summed E-state index contributed by atoms with van der Waals surface area (Å²) in [5.41, 5.74) is 0.450. The summed E-state index contributed by atoms with van der Waals surface area (Å²) < 4.78 is 5.45. The summed E-state index contributed by atoms with van der Waals surface area (Å²) >= 11 is 0. The Bertz CT molecular complexity index is 611. The lowest BCUT2D eigenvalue weighted by atomic mass is 10.0. The van der Waals surface area contributed by atoms with Crippen molar-refractivity contribution in [3.05, 3.63) is 35.9 Å². The zero-order chi connectivity index (χ0) is 17.3. The van der Waals surface area contributed by atoms with Crippen molar-refractivity contribution in [1.29, 1.82) is 0 Å². The molecule has 2 fully saturated rings. The molecule has 2 aliphatic heterocycles. The van der Waals surface area contributed by atoms with Gasteiger partial charge in [-0.2, -0.15) is 5.06 Å². The second kappa shape index (κ2) is 6.43. The highest BCUT2D eigenvalue weighted by Gasteiger charge is 2.48.